The van der Waals surface area contributed by atoms with Gasteiger partial charge in [0.2, 0.25) is 6.79 Å². The summed E-state index contributed by atoms with van der Waals surface area (Å²) in [6.07, 6.45) is 0. The van der Waals surface area contributed by atoms with Crippen LogP contribution in [0.1, 0.15) is 5.56 Å². The van der Waals surface area contributed by atoms with Crippen molar-refractivity contribution in [1.82, 2.24) is 0 Å². The van der Waals surface area contributed by atoms with Crippen molar-refractivity contribution < 1.29 is 14.4 Å². The number of fused-ring (bicyclic) bond motifs is 1. The van der Waals surface area contributed by atoms with Crippen molar-refractivity contribution in [1.29, 1.82) is 0 Å². The molecule has 0 saturated heterocycles. The van der Waals surface area contributed by atoms with E-state index in [9.17, 15) is 10.1 Å². The van der Waals surface area contributed by atoms with Gasteiger partial charge in [-0.05, 0) is 18.2 Å². The van der Waals surface area contributed by atoms with E-state index in [0.29, 0.717) is 23.7 Å². The summed E-state index contributed by atoms with van der Waals surface area (Å²) in [7, 11) is 0. The summed E-state index contributed by atoms with van der Waals surface area (Å²) >= 11 is 3.31. The number of nitro benzene ring substituents is 1. The molecule has 0 atom stereocenters. The Balaban J connectivity index is 1.84. The number of nitro groups is 1. The van der Waals surface area contributed by atoms with Gasteiger partial charge < -0.3 is 14.8 Å². The smallest absolute Gasteiger partial charge is 0.292 e. The fourth-order valence-electron chi connectivity index (χ4n) is 2.13. The summed E-state index contributed by atoms with van der Waals surface area (Å²) in [6, 6.07) is 10.4. The molecule has 0 unspecified atom stereocenters. The predicted molar refractivity (Wildman–Crippen MR) is 80.7 cm³/mol. The molecule has 3 rings (SSSR count). The van der Waals surface area contributed by atoms with Gasteiger partial charge in [-0.1, -0.05) is 28.1 Å². The summed E-state index contributed by atoms with van der Waals surface area (Å²) < 4.78 is 11.5. The number of benzene rings is 2. The van der Waals surface area contributed by atoms with Gasteiger partial charge in [-0.25, -0.2) is 0 Å². The zero-order valence-electron chi connectivity index (χ0n) is 10.8. The molecule has 0 amide bonds. The van der Waals surface area contributed by atoms with Crippen molar-refractivity contribution in [2.45, 2.75) is 6.54 Å². The Morgan fingerprint density at radius 1 is 1.29 bits per heavy atom. The van der Waals surface area contributed by atoms with Crippen LogP contribution in [-0.2, 0) is 6.54 Å². The van der Waals surface area contributed by atoms with Crippen LogP contribution >= 0.6 is 15.9 Å². The average molecular weight is 351 g/mol. The summed E-state index contributed by atoms with van der Waals surface area (Å²) in [5, 5.41) is 14.1. The molecule has 21 heavy (non-hydrogen) atoms. The fourth-order valence-corrected chi connectivity index (χ4v) is 2.49. The minimum Gasteiger partial charge on any atom is -0.454 e. The second kappa shape index (κ2) is 5.61. The summed E-state index contributed by atoms with van der Waals surface area (Å²) in [5.41, 5.74) is 1.37. The molecule has 2 aromatic rings. The number of nitrogens with one attached hydrogen (secondary N) is 1. The lowest BCUT2D eigenvalue weighted by molar-refractivity contribution is -0.384. The first kappa shape index (κ1) is 13.7. The normalized spacial score (nSPS) is 12.2. The van der Waals surface area contributed by atoms with Crippen molar-refractivity contribution in [3.05, 3.63) is 56.5 Å². The van der Waals surface area contributed by atoms with E-state index in [2.05, 4.69) is 21.2 Å². The third-order valence-corrected chi connectivity index (χ3v) is 3.60. The predicted octanol–water partition coefficient (Wildman–Crippen LogP) is 3.70. The maximum Gasteiger partial charge on any atom is 0.292 e. The van der Waals surface area contributed by atoms with Crippen molar-refractivity contribution in [3.63, 3.8) is 0 Å². The van der Waals surface area contributed by atoms with Gasteiger partial charge in [0, 0.05) is 22.6 Å². The highest BCUT2D eigenvalue weighted by atomic mass is 79.9. The monoisotopic (exact) mass is 350 g/mol. The number of ether oxygens (including phenoxy) is 2. The molecule has 0 saturated carbocycles. The van der Waals surface area contributed by atoms with E-state index >= 15 is 0 Å². The molecule has 0 spiro atoms. The van der Waals surface area contributed by atoms with Gasteiger partial charge in [0.25, 0.3) is 5.69 Å². The third-order valence-electron chi connectivity index (χ3n) is 3.10. The van der Waals surface area contributed by atoms with Crippen LogP contribution in [0.15, 0.2) is 40.9 Å². The van der Waals surface area contributed by atoms with Crippen molar-refractivity contribution in [3.8, 4) is 11.5 Å². The lowest BCUT2D eigenvalue weighted by atomic mass is 10.1. The van der Waals surface area contributed by atoms with E-state index in [-0.39, 0.29) is 12.5 Å². The molecule has 1 N–H and O–H groups in total. The van der Waals surface area contributed by atoms with E-state index in [1.807, 2.05) is 18.2 Å². The van der Waals surface area contributed by atoms with Gasteiger partial charge in [-0.15, -0.1) is 0 Å². The number of para-hydroxylation sites is 1. The molecule has 7 heteroatoms. The molecule has 0 aliphatic carbocycles. The molecule has 0 aromatic heterocycles. The van der Waals surface area contributed by atoms with Gasteiger partial charge in [0.05, 0.1) is 4.92 Å². The minimum absolute atomic E-state index is 0.0305. The van der Waals surface area contributed by atoms with Gasteiger partial charge in [-0.3, -0.25) is 10.1 Å². The highest BCUT2D eigenvalue weighted by Gasteiger charge is 2.18. The molecular weight excluding hydrogens is 340 g/mol. The van der Waals surface area contributed by atoms with Crippen LogP contribution in [-0.4, -0.2) is 11.7 Å². The number of hydrogen-bond acceptors (Lipinski definition) is 5. The van der Waals surface area contributed by atoms with Gasteiger partial charge in [-0.2, -0.15) is 0 Å². The van der Waals surface area contributed by atoms with Crippen LogP contribution < -0.4 is 14.8 Å². The molecule has 1 aliphatic rings. The zero-order valence-corrected chi connectivity index (χ0v) is 12.4. The van der Waals surface area contributed by atoms with E-state index in [1.54, 1.807) is 12.1 Å². The molecule has 0 bridgehead atoms. The van der Waals surface area contributed by atoms with Crippen LogP contribution in [0.25, 0.3) is 0 Å². The highest BCUT2D eigenvalue weighted by Crippen LogP contribution is 2.36. The SMILES string of the molecule is O=[N+]([O-])c1ccc(Br)cc1NCc1cccc2c1OCO2. The maximum absolute atomic E-state index is 11.0. The molecule has 0 fully saturated rings. The second-order valence-corrected chi connectivity index (χ2v) is 5.34. The standard InChI is InChI=1S/C14H11BrN2O4/c15-10-4-5-12(17(18)19)11(6-10)16-7-9-2-1-3-13-14(9)21-8-20-13/h1-6,16H,7-8H2. The Bertz CT molecular complexity index is 705. The molecule has 2 aromatic carbocycles. The number of anilines is 1. The molecule has 1 heterocycles. The summed E-state index contributed by atoms with van der Waals surface area (Å²) in [5.74, 6) is 1.38. The van der Waals surface area contributed by atoms with Crippen LogP contribution in [0, 0.1) is 10.1 Å². The third kappa shape index (κ3) is 2.78. The van der Waals surface area contributed by atoms with Crippen LogP contribution in [0.4, 0.5) is 11.4 Å². The van der Waals surface area contributed by atoms with Crippen LogP contribution in [0.3, 0.4) is 0 Å². The van der Waals surface area contributed by atoms with Gasteiger partial charge in [0.15, 0.2) is 11.5 Å². The first-order valence-corrected chi connectivity index (χ1v) is 7.00. The molecule has 108 valence electrons. The summed E-state index contributed by atoms with van der Waals surface area (Å²) in [4.78, 5) is 10.6. The largest absolute Gasteiger partial charge is 0.454 e. The van der Waals surface area contributed by atoms with E-state index < -0.39 is 4.92 Å². The minimum atomic E-state index is -0.413. The lowest BCUT2D eigenvalue weighted by Crippen LogP contribution is -2.03. The van der Waals surface area contributed by atoms with Crippen molar-refractivity contribution in [2.24, 2.45) is 0 Å². The second-order valence-electron chi connectivity index (χ2n) is 4.42. The molecular formula is C14H11BrN2O4. The van der Waals surface area contributed by atoms with Crippen molar-refractivity contribution in [2.75, 3.05) is 12.1 Å². The highest BCUT2D eigenvalue weighted by molar-refractivity contribution is 9.10. The Kier molecular flexibility index (Phi) is 3.66. The van der Waals surface area contributed by atoms with E-state index in [0.717, 1.165) is 10.0 Å². The Hall–Kier alpha value is -2.28. The van der Waals surface area contributed by atoms with Crippen molar-refractivity contribution >= 4 is 27.3 Å². The number of nitrogens with zero attached hydrogens (tertiary/aromatic N) is 1. The van der Waals surface area contributed by atoms with E-state index in [4.69, 9.17) is 9.47 Å². The fraction of sp³-hybridized carbons (Fsp3) is 0.143. The zero-order chi connectivity index (χ0) is 14.8. The van der Waals surface area contributed by atoms with Crippen LogP contribution in [0.5, 0.6) is 11.5 Å². The Morgan fingerprint density at radius 3 is 2.95 bits per heavy atom. The molecule has 0 radical (unpaired) electrons. The number of hydrogen-bond donors (Lipinski definition) is 1. The first-order chi connectivity index (χ1) is 10.1. The quantitative estimate of drug-likeness (QED) is 0.672. The summed E-state index contributed by atoms with van der Waals surface area (Å²) in [6.45, 7) is 0.604. The topological polar surface area (TPSA) is 73.6 Å². The number of halogens is 1. The lowest BCUT2D eigenvalue weighted by Gasteiger charge is -2.09. The van der Waals surface area contributed by atoms with Gasteiger partial charge in [0.1, 0.15) is 5.69 Å². The Labute approximate surface area is 129 Å². The Morgan fingerprint density at radius 2 is 2.14 bits per heavy atom. The number of rotatable bonds is 4. The van der Waals surface area contributed by atoms with Gasteiger partial charge >= 0.3 is 0 Å². The van der Waals surface area contributed by atoms with E-state index in [1.165, 1.54) is 6.07 Å². The molecule has 1 aliphatic heterocycles. The van der Waals surface area contributed by atoms with Crippen LogP contribution in [0.2, 0.25) is 0 Å². The maximum atomic E-state index is 11.0. The first-order valence-electron chi connectivity index (χ1n) is 6.20. The molecule has 6 nitrogen and oxygen atoms in total. The average Bonchev–Trinajstić information content (AvgIpc) is 2.93.